The number of hydrogen-bond donors (Lipinski definition) is 1. The minimum atomic E-state index is 0.294. The van der Waals surface area contributed by atoms with Crippen LogP contribution in [0.25, 0.3) is 0 Å². The van der Waals surface area contributed by atoms with Crippen molar-refractivity contribution in [1.29, 1.82) is 0 Å². The topological polar surface area (TPSA) is 41.9 Å². The summed E-state index contributed by atoms with van der Waals surface area (Å²) in [5.74, 6) is 1.73. The Morgan fingerprint density at radius 3 is 3.00 bits per heavy atom. The van der Waals surface area contributed by atoms with Crippen molar-refractivity contribution in [3.8, 4) is 11.5 Å². The zero-order valence-corrected chi connectivity index (χ0v) is 11.2. The summed E-state index contributed by atoms with van der Waals surface area (Å²) in [5, 5.41) is 8.88. The van der Waals surface area contributed by atoms with Crippen LogP contribution in [0.5, 0.6) is 11.5 Å². The molecule has 104 valence electrons. The van der Waals surface area contributed by atoms with Gasteiger partial charge in [-0.15, -0.1) is 0 Å². The van der Waals surface area contributed by atoms with Crippen molar-refractivity contribution in [3.05, 3.63) is 23.8 Å². The lowest BCUT2D eigenvalue weighted by Gasteiger charge is -2.24. The summed E-state index contributed by atoms with van der Waals surface area (Å²) in [6.07, 6.45) is 4.42. The summed E-state index contributed by atoms with van der Waals surface area (Å²) >= 11 is 0. The SMILES string of the molecule is OCCCCN1CCCC1c1ccc2c(c1)OCO2. The van der Waals surface area contributed by atoms with Gasteiger partial charge in [0.05, 0.1) is 0 Å². The van der Waals surface area contributed by atoms with E-state index in [1.807, 2.05) is 6.07 Å². The average molecular weight is 263 g/mol. The fourth-order valence-corrected chi connectivity index (χ4v) is 3.02. The molecular weight excluding hydrogens is 242 g/mol. The van der Waals surface area contributed by atoms with Gasteiger partial charge in [-0.25, -0.2) is 0 Å². The molecule has 2 aliphatic rings. The molecule has 1 N–H and O–H groups in total. The summed E-state index contributed by atoms with van der Waals surface area (Å²) < 4.78 is 10.8. The first-order chi connectivity index (χ1) is 9.38. The standard InChI is InChI=1S/C15H21NO3/c17-9-2-1-7-16-8-3-4-13(16)12-5-6-14-15(10-12)19-11-18-14/h5-6,10,13,17H,1-4,7-9,11H2. The zero-order valence-electron chi connectivity index (χ0n) is 11.2. The van der Waals surface area contributed by atoms with Crippen LogP contribution >= 0.6 is 0 Å². The Bertz CT molecular complexity index is 435. The molecule has 1 aromatic carbocycles. The van der Waals surface area contributed by atoms with Crippen molar-refractivity contribution in [3.63, 3.8) is 0 Å². The third kappa shape index (κ3) is 2.69. The van der Waals surface area contributed by atoms with Crippen LogP contribution in [-0.2, 0) is 0 Å². The summed E-state index contributed by atoms with van der Waals surface area (Å²) in [5.41, 5.74) is 1.32. The number of aliphatic hydroxyl groups is 1. The van der Waals surface area contributed by atoms with Gasteiger partial charge in [0.15, 0.2) is 11.5 Å². The molecule has 4 heteroatoms. The first kappa shape index (κ1) is 12.8. The molecule has 1 atom stereocenters. The molecule has 0 radical (unpaired) electrons. The molecule has 4 nitrogen and oxygen atoms in total. The fraction of sp³-hybridized carbons (Fsp3) is 0.600. The summed E-state index contributed by atoms with van der Waals surface area (Å²) in [7, 11) is 0. The second-order valence-electron chi connectivity index (χ2n) is 5.24. The summed E-state index contributed by atoms with van der Waals surface area (Å²) in [6, 6.07) is 6.79. The van der Waals surface area contributed by atoms with Crippen LogP contribution < -0.4 is 9.47 Å². The lowest BCUT2D eigenvalue weighted by Crippen LogP contribution is -2.24. The maximum Gasteiger partial charge on any atom is 0.231 e. The third-order valence-electron chi connectivity index (χ3n) is 4.00. The highest BCUT2D eigenvalue weighted by atomic mass is 16.7. The van der Waals surface area contributed by atoms with Crippen LogP contribution in [0.1, 0.15) is 37.3 Å². The number of rotatable bonds is 5. The van der Waals surface area contributed by atoms with Gasteiger partial charge in [0.1, 0.15) is 0 Å². The molecule has 19 heavy (non-hydrogen) atoms. The molecule has 2 aliphatic heterocycles. The van der Waals surface area contributed by atoms with Crippen molar-refractivity contribution in [1.82, 2.24) is 4.90 Å². The van der Waals surface area contributed by atoms with E-state index >= 15 is 0 Å². The summed E-state index contributed by atoms with van der Waals surface area (Å²) in [4.78, 5) is 2.52. The Balaban J connectivity index is 1.69. The fourth-order valence-electron chi connectivity index (χ4n) is 3.02. The molecule has 0 saturated carbocycles. The maximum atomic E-state index is 8.88. The molecule has 1 fully saturated rings. The number of aliphatic hydroxyl groups excluding tert-OH is 1. The van der Waals surface area contributed by atoms with E-state index in [-0.39, 0.29) is 0 Å². The maximum absolute atomic E-state index is 8.88. The highest BCUT2D eigenvalue weighted by molar-refractivity contribution is 5.45. The third-order valence-corrected chi connectivity index (χ3v) is 4.00. The Morgan fingerprint density at radius 2 is 2.11 bits per heavy atom. The van der Waals surface area contributed by atoms with Gasteiger partial charge in [-0.1, -0.05) is 6.07 Å². The van der Waals surface area contributed by atoms with Gasteiger partial charge in [0, 0.05) is 12.6 Å². The smallest absolute Gasteiger partial charge is 0.231 e. The first-order valence-corrected chi connectivity index (χ1v) is 7.13. The highest BCUT2D eigenvalue weighted by Gasteiger charge is 2.26. The van der Waals surface area contributed by atoms with Crippen LogP contribution in [0.3, 0.4) is 0 Å². The number of ether oxygens (including phenoxy) is 2. The van der Waals surface area contributed by atoms with E-state index in [2.05, 4.69) is 17.0 Å². The lowest BCUT2D eigenvalue weighted by atomic mass is 10.0. The number of fused-ring (bicyclic) bond motifs is 1. The Morgan fingerprint density at radius 1 is 1.21 bits per heavy atom. The molecule has 0 spiro atoms. The molecule has 2 heterocycles. The van der Waals surface area contributed by atoms with Crippen molar-refractivity contribution < 1.29 is 14.6 Å². The van der Waals surface area contributed by atoms with Crippen LogP contribution in [0.2, 0.25) is 0 Å². The van der Waals surface area contributed by atoms with Gasteiger partial charge in [-0.2, -0.15) is 0 Å². The molecular formula is C15H21NO3. The monoisotopic (exact) mass is 263 g/mol. The largest absolute Gasteiger partial charge is 0.454 e. The van der Waals surface area contributed by atoms with E-state index in [9.17, 15) is 0 Å². The van der Waals surface area contributed by atoms with Gasteiger partial charge in [0.2, 0.25) is 6.79 Å². The van der Waals surface area contributed by atoms with Crippen molar-refractivity contribution in [2.24, 2.45) is 0 Å². The van der Waals surface area contributed by atoms with Crippen molar-refractivity contribution in [2.75, 3.05) is 26.5 Å². The van der Waals surface area contributed by atoms with Gasteiger partial charge in [-0.05, 0) is 56.5 Å². The number of hydrogen-bond acceptors (Lipinski definition) is 4. The number of benzene rings is 1. The highest BCUT2D eigenvalue weighted by Crippen LogP contribution is 2.38. The van der Waals surface area contributed by atoms with Crippen LogP contribution in [0, 0.1) is 0 Å². The van der Waals surface area contributed by atoms with Gasteiger partial charge >= 0.3 is 0 Å². The second kappa shape index (κ2) is 5.80. The normalized spacial score (nSPS) is 22.1. The van der Waals surface area contributed by atoms with Crippen molar-refractivity contribution in [2.45, 2.75) is 31.7 Å². The molecule has 3 rings (SSSR count). The number of likely N-dealkylation sites (tertiary alicyclic amines) is 1. The Hall–Kier alpha value is -1.26. The number of unbranched alkanes of at least 4 members (excludes halogenated alkanes) is 1. The van der Waals surface area contributed by atoms with E-state index in [0.717, 1.165) is 37.4 Å². The van der Waals surface area contributed by atoms with Crippen molar-refractivity contribution >= 4 is 0 Å². The van der Waals surface area contributed by atoms with Crippen LogP contribution in [0.15, 0.2) is 18.2 Å². The van der Waals surface area contributed by atoms with E-state index in [1.165, 1.54) is 18.4 Å². The number of nitrogens with zero attached hydrogens (tertiary/aromatic N) is 1. The Labute approximate surface area is 113 Å². The van der Waals surface area contributed by atoms with Gasteiger partial charge < -0.3 is 14.6 Å². The molecule has 0 aromatic heterocycles. The quantitative estimate of drug-likeness (QED) is 0.828. The first-order valence-electron chi connectivity index (χ1n) is 7.13. The summed E-state index contributed by atoms with van der Waals surface area (Å²) in [6.45, 7) is 2.86. The second-order valence-corrected chi connectivity index (χ2v) is 5.24. The van der Waals surface area contributed by atoms with Gasteiger partial charge in [0.25, 0.3) is 0 Å². The van der Waals surface area contributed by atoms with Gasteiger partial charge in [-0.3, -0.25) is 4.90 Å². The Kier molecular flexibility index (Phi) is 3.89. The van der Waals surface area contributed by atoms with E-state index in [1.54, 1.807) is 0 Å². The van der Waals surface area contributed by atoms with E-state index in [0.29, 0.717) is 19.4 Å². The molecule has 1 aromatic rings. The molecule has 0 amide bonds. The molecule has 1 unspecified atom stereocenters. The molecule has 0 aliphatic carbocycles. The molecule has 1 saturated heterocycles. The predicted molar refractivity (Wildman–Crippen MR) is 72.4 cm³/mol. The average Bonchev–Trinajstić information content (AvgIpc) is 3.06. The predicted octanol–water partition coefficient (Wildman–Crippen LogP) is 2.32. The van der Waals surface area contributed by atoms with E-state index in [4.69, 9.17) is 14.6 Å². The lowest BCUT2D eigenvalue weighted by molar-refractivity contribution is 0.174. The van der Waals surface area contributed by atoms with E-state index < -0.39 is 0 Å². The van der Waals surface area contributed by atoms with Crippen LogP contribution in [-0.4, -0.2) is 36.5 Å². The molecule has 0 bridgehead atoms. The zero-order chi connectivity index (χ0) is 13.1. The minimum absolute atomic E-state index is 0.294. The van der Waals surface area contributed by atoms with Crippen LogP contribution in [0.4, 0.5) is 0 Å². The minimum Gasteiger partial charge on any atom is -0.454 e.